The summed E-state index contributed by atoms with van der Waals surface area (Å²) in [5.74, 6) is 0.0594. The van der Waals surface area contributed by atoms with Crippen LogP contribution in [-0.4, -0.2) is 11.5 Å². The van der Waals surface area contributed by atoms with Crippen LogP contribution in [0.2, 0.25) is 0 Å². The lowest BCUT2D eigenvalue weighted by molar-refractivity contribution is 0.101. The zero-order valence-corrected chi connectivity index (χ0v) is 9.22. The molecule has 0 heterocycles. The minimum Gasteiger partial charge on any atom is -0.305 e. The highest BCUT2D eigenvalue weighted by atomic mass is 16.1. The molecule has 0 aromatic heterocycles. The summed E-state index contributed by atoms with van der Waals surface area (Å²) < 4.78 is 0. The lowest BCUT2D eigenvalue weighted by Crippen LogP contribution is -1.95. The molecule has 1 rings (SSSR count). The molecular weight excluding hydrogens is 174 g/mol. The molecule has 0 unspecified atom stereocenters. The molecule has 0 saturated carbocycles. The van der Waals surface area contributed by atoms with Crippen molar-refractivity contribution in [2.75, 3.05) is 0 Å². The molecule has 0 fully saturated rings. The lowest BCUT2D eigenvalue weighted by atomic mass is 10.1. The topological polar surface area (TPSA) is 40.9 Å². The van der Waals surface area contributed by atoms with E-state index in [-0.39, 0.29) is 5.78 Å². The van der Waals surface area contributed by atoms with Crippen LogP contribution >= 0.6 is 0 Å². The third-order valence-electron chi connectivity index (χ3n) is 1.72. The van der Waals surface area contributed by atoms with E-state index in [9.17, 15) is 4.79 Å². The van der Waals surface area contributed by atoms with Gasteiger partial charge in [-0.1, -0.05) is 38.1 Å². The largest absolute Gasteiger partial charge is 0.305 e. The number of Topliss-reactive ketones (excluding diaryl/α,β-unsaturated/α-hetero) is 1. The number of nitrogens with one attached hydrogen (secondary N) is 1. The minimum atomic E-state index is 0.0594. The van der Waals surface area contributed by atoms with Crippen molar-refractivity contribution < 1.29 is 4.79 Å². The number of benzene rings is 1. The van der Waals surface area contributed by atoms with E-state index >= 15 is 0 Å². The average Bonchev–Trinajstić information content (AvgIpc) is 2.21. The summed E-state index contributed by atoms with van der Waals surface area (Å²) in [6.45, 7) is 7.26. The van der Waals surface area contributed by atoms with Crippen LogP contribution in [0.4, 0.5) is 0 Å². The third-order valence-corrected chi connectivity index (χ3v) is 1.72. The van der Waals surface area contributed by atoms with Gasteiger partial charge in [-0.3, -0.25) is 4.79 Å². The van der Waals surface area contributed by atoms with Gasteiger partial charge in [-0.05, 0) is 19.4 Å². The average molecular weight is 191 g/mol. The molecule has 2 heteroatoms. The van der Waals surface area contributed by atoms with E-state index < -0.39 is 0 Å². The van der Waals surface area contributed by atoms with E-state index in [1.807, 2.05) is 13.8 Å². The first-order valence-corrected chi connectivity index (χ1v) is 4.78. The van der Waals surface area contributed by atoms with Crippen molar-refractivity contribution in [1.82, 2.24) is 0 Å². The van der Waals surface area contributed by atoms with Gasteiger partial charge in [0, 0.05) is 11.3 Å². The molecule has 2 nitrogen and oxygen atoms in total. The summed E-state index contributed by atoms with van der Waals surface area (Å²) in [6, 6.07) is 7.07. The highest BCUT2D eigenvalue weighted by Gasteiger charge is 1.98. The van der Waals surface area contributed by atoms with Gasteiger partial charge in [-0.15, -0.1) is 0 Å². The Bertz CT molecular complexity index is 279. The van der Waals surface area contributed by atoms with E-state index in [4.69, 9.17) is 5.41 Å². The monoisotopic (exact) mass is 191 g/mol. The van der Waals surface area contributed by atoms with E-state index in [1.165, 1.54) is 6.92 Å². The highest BCUT2D eigenvalue weighted by Crippen LogP contribution is 2.05. The molecule has 1 aromatic rings. The predicted molar refractivity (Wildman–Crippen MR) is 60.3 cm³/mol. The van der Waals surface area contributed by atoms with Crippen LogP contribution in [0.15, 0.2) is 24.3 Å². The Labute approximate surface area is 85.5 Å². The zero-order chi connectivity index (χ0) is 11.1. The Morgan fingerprint density at radius 2 is 1.36 bits per heavy atom. The second kappa shape index (κ2) is 6.08. The summed E-state index contributed by atoms with van der Waals surface area (Å²) in [6.07, 6.45) is 0. The maximum absolute atomic E-state index is 10.9. The van der Waals surface area contributed by atoms with Gasteiger partial charge in [0.1, 0.15) is 0 Å². The second-order valence-electron chi connectivity index (χ2n) is 2.76. The molecular formula is C12H17NO. The molecule has 0 aliphatic heterocycles. The van der Waals surface area contributed by atoms with Gasteiger partial charge in [-0.2, -0.15) is 0 Å². The molecule has 0 amide bonds. The van der Waals surface area contributed by atoms with Gasteiger partial charge in [-0.25, -0.2) is 0 Å². The van der Waals surface area contributed by atoms with Crippen LogP contribution in [0.25, 0.3) is 0 Å². The van der Waals surface area contributed by atoms with Gasteiger partial charge in [0.25, 0.3) is 0 Å². The van der Waals surface area contributed by atoms with Crippen molar-refractivity contribution in [1.29, 1.82) is 5.41 Å². The molecule has 0 radical (unpaired) electrons. The van der Waals surface area contributed by atoms with Crippen molar-refractivity contribution >= 4 is 11.5 Å². The number of carbonyl (C=O) groups excluding carboxylic acids is 1. The number of carbonyl (C=O) groups is 1. The number of rotatable bonds is 2. The van der Waals surface area contributed by atoms with Gasteiger partial charge in [0.15, 0.2) is 5.78 Å². The Morgan fingerprint density at radius 1 is 1.00 bits per heavy atom. The Morgan fingerprint density at radius 3 is 1.64 bits per heavy atom. The molecule has 0 saturated heterocycles. The number of hydrogen-bond acceptors (Lipinski definition) is 2. The second-order valence-corrected chi connectivity index (χ2v) is 2.76. The molecule has 1 N–H and O–H groups in total. The summed E-state index contributed by atoms with van der Waals surface area (Å²) >= 11 is 0. The summed E-state index contributed by atoms with van der Waals surface area (Å²) in [5, 5.41) is 7.33. The molecule has 0 aliphatic carbocycles. The Balaban J connectivity index is 0.000000791. The summed E-state index contributed by atoms with van der Waals surface area (Å²) in [5.41, 5.74) is 2.07. The Kier molecular flexibility index (Phi) is 5.46. The molecule has 0 bridgehead atoms. The molecule has 76 valence electrons. The maximum atomic E-state index is 10.9. The number of hydrogen-bond donors (Lipinski definition) is 1. The standard InChI is InChI=1S/C10H11NO.C2H6/c1-7(11)9-3-5-10(6-4-9)8(2)12;1-2/h3-6,11H,1-2H3;1-2H3. The summed E-state index contributed by atoms with van der Waals surface area (Å²) in [4.78, 5) is 10.9. The quantitative estimate of drug-likeness (QED) is 0.565. The van der Waals surface area contributed by atoms with Crippen LogP contribution in [0.3, 0.4) is 0 Å². The normalized spacial score (nSPS) is 8.57. The van der Waals surface area contributed by atoms with E-state index in [1.54, 1.807) is 31.2 Å². The van der Waals surface area contributed by atoms with Crippen molar-refractivity contribution in [2.24, 2.45) is 0 Å². The molecule has 0 aliphatic rings. The van der Waals surface area contributed by atoms with Crippen molar-refractivity contribution in [3.63, 3.8) is 0 Å². The van der Waals surface area contributed by atoms with Gasteiger partial charge in [0.05, 0.1) is 0 Å². The molecule has 1 aromatic carbocycles. The van der Waals surface area contributed by atoms with Crippen LogP contribution < -0.4 is 0 Å². The third kappa shape index (κ3) is 3.52. The molecule has 0 atom stereocenters. The maximum Gasteiger partial charge on any atom is 0.159 e. The van der Waals surface area contributed by atoms with E-state index in [0.717, 1.165) is 5.56 Å². The van der Waals surface area contributed by atoms with Gasteiger partial charge >= 0.3 is 0 Å². The first kappa shape index (κ1) is 12.6. The molecule has 0 spiro atoms. The van der Waals surface area contributed by atoms with Crippen LogP contribution in [0, 0.1) is 5.41 Å². The zero-order valence-electron chi connectivity index (χ0n) is 9.22. The smallest absolute Gasteiger partial charge is 0.159 e. The first-order chi connectivity index (χ1) is 6.61. The fourth-order valence-corrected chi connectivity index (χ4v) is 0.955. The van der Waals surface area contributed by atoms with Crippen LogP contribution in [0.1, 0.15) is 43.6 Å². The number of ketones is 1. The Hall–Kier alpha value is -1.44. The SMILES string of the molecule is CC.CC(=N)c1ccc(C(C)=O)cc1. The van der Waals surface area contributed by atoms with Gasteiger partial charge in [0.2, 0.25) is 0 Å². The lowest BCUT2D eigenvalue weighted by Gasteiger charge is -1.98. The van der Waals surface area contributed by atoms with Crippen molar-refractivity contribution in [3.8, 4) is 0 Å². The first-order valence-electron chi connectivity index (χ1n) is 4.78. The fraction of sp³-hybridized carbons (Fsp3) is 0.333. The van der Waals surface area contributed by atoms with Crippen LogP contribution in [0.5, 0.6) is 0 Å². The van der Waals surface area contributed by atoms with Crippen molar-refractivity contribution in [2.45, 2.75) is 27.7 Å². The highest BCUT2D eigenvalue weighted by molar-refractivity contribution is 5.98. The fourth-order valence-electron chi connectivity index (χ4n) is 0.955. The van der Waals surface area contributed by atoms with E-state index in [2.05, 4.69) is 0 Å². The minimum absolute atomic E-state index is 0.0594. The predicted octanol–water partition coefficient (Wildman–Crippen LogP) is 3.30. The van der Waals surface area contributed by atoms with Gasteiger partial charge < -0.3 is 5.41 Å². The molecule has 14 heavy (non-hydrogen) atoms. The van der Waals surface area contributed by atoms with Crippen LogP contribution in [-0.2, 0) is 0 Å². The van der Waals surface area contributed by atoms with Crippen molar-refractivity contribution in [3.05, 3.63) is 35.4 Å². The summed E-state index contributed by atoms with van der Waals surface area (Å²) in [7, 11) is 0. The van der Waals surface area contributed by atoms with E-state index in [0.29, 0.717) is 11.3 Å².